The van der Waals surface area contributed by atoms with Gasteiger partial charge in [0.25, 0.3) is 0 Å². The number of benzene rings is 2. The van der Waals surface area contributed by atoms with Gasteiger partial charge in [-0.1, -0.05) is 49.4 Å². The first-order valence-electron chi connectivity index (χ1n) is 6.04. The average Bonchev–Trinajstić information content (AvgIpc) is 2.35. The maximum Gasteiger partial charge on any atom is 0.312 e. The minimum absolute atomic E-state index is 0.0421. The summed E-state index contributed by atoms with van der Waals surface area (Å²) in [6.45, 7) is 2.04. The smallest absolute Gasteiger partial charge is 0.294 e. The van der Waals surface area contributed by atoms with Gasteiger partial charge in [-0.25, -0.2) is 4.79 Å². The zero-order valence-corrected chi connectivity index (χ0v) is 10.1. The molecule has 1 atom stereocenters. The van der Waals surface area contributed by atoms with E-state index in [1.807, 2.05) is 19.1 Å². The Morgan fingerprint density at radius 2 is 1.88 bits per heavy atom. The standard InChI is InChI=1S/C15H17NO/c1-2-11(15(16)17)10-13-8-5-7-12-6-3-4-9-14(12)13/h3-9,11H,2,10H2,1H3,(H2,16,17)/p+1. The Bertz CT molecular complexity index is 528. The van der Waals surface area contributed by atoms with Gasteiger partial charge < -0.3 is 0 Å². The highest BCUT2D eigenvalue weighted by Gasteiger charge is 2.17. The average molecular weight is 228 g/mol. The summed E-state index contributed by atoms with van der Waals surface area (Å²) < 4.78 is 0. The Morgan fingerprint density at radius 1 is 1.18 bits per heavy atom. The van der Waals surface area contributed by atoms with Crippen molar-refractivity contribution in [2.45, 2.75) is 19.8 Å². The zero-order valence-electron chi connectivity index (χ0n) is 10.1. The molecule has 0 spiro atoms. The van der Waals surface area contributed by atoms with Crippen LogP contribution in [-0.4, -0.2) is 5.91 Å². The normalized spacial score (nSPS) is 12.6. The molecule has 2 heteroatoms. The third-order valence-corrected chi connectivity index (χ3v) is 3.29. The first-order chi connectivity index (χ1) is 8.22. The molecule has 0 bridgehead atoms. The van der Waals surface area contributed by atoms with Gasteiger partial charge in [0.1, 0.15) is 0 Å². The Morgan fingerprint density at radius 3 is 2.59 bits per heavy atom. The maximum atomic E-state index is 11.4. The van der Waals surface area contributed by atoms with Crippen LogP contribution in [0.1, 0.15) is 18.9 Å². The topological polar surface area (TPSA) is 44.7 Å². The fourth-order valence-electron chi connectivity index (χ4n) is 2.22. The van der Waals surface area contributed by atoms with Gasteiger partial charge in [-0.15, -0.1) is 0 Å². The second-order valence-corrected chi connectivity index (χ2v) is 4.41. The van der Waals surface area contributed by atoms with Crippen molar-refractivity contribution in [3.05, 3.63) is 48.0 Å². The molecule has 0 aliphatic carbocycles. The number of quaternary nitrogens is 1. The number of hydrogen-bond donors (Lipinski definition) is 1. The van der Waals surface area contributed by atoms with Crippen LogP contribution in [-0.2, 0) is 11.2 Å². The Balaban J connectivity index is 2.38. The minimum Gasteiger partial charge on any atom is -0.294 e. The second-order valence-electron chi connectivity index (χ2n) is 4.41. The molecule has 0 radical (unpaired) electrons. The van der Waals surface area contributed by atoms with Gasteiger partial charge in [0.2, 0.25) is 0 Å². The van der Waals surface area contributed by atoms with E-state index in [9.17, 15) is 4.79 Å². The molecule has 0 aliphatic heterocycles. The van der Waals surface area contributed by atoms with E-state index < -0.39 is 0 Å². The molecule has 1 amide bonds. The van der Waals surface area contributed by atoms with E-state index >= 15 is 0 Å². The summed E-state index contributed by atoms with van der Waals surface area (Å²) in [6.07, 6.45) is 1.64. The van der Waals surface area contributed by atoms with Gasteiger partial charge in [0.15, 0.2) is 0 Å². The van der Waals surface area contributed by atoms with Gasteiger partial charge in [0.05, 0.1) is 5.92 Å². The van der Waals surface area contributed by atoms with Crippen molar-refractivity contribution in [3.63, 3.8) is 0 Å². The van der Waals surface area contributed by atoms with Crippen LogP contribution in [0.2, 0.25) is 0 Å². The monoisotopic (exact) mass is 228 g/mol. The number of carbonyl (C=O) groups is 1. The molecule has 0 aliphatic rings. The number of fused-ring (bicyclic) bond motifs is 1. The first-order valence-corrected chi connectivity index (χ1v) is 6.04. The SMILES string of the molecule is CCC(Cc1cccc2ccccc12)C([NH3+])=O. The number of amides is 1. The summed E-state index contributed by atoms with van der Waals surface area (Å²) in [7, 11) is 0. The molecule has 88 valence electrons. The third kappa shape index (κ3) is 2.53. The maximum absolute atomic E-state index is 11.4. The van der Waals surface area contributed by atoms with Crippen molar-refractivity contribution >= 4 is 16.7 Å². The summed E-state index contributed by atoms with van der Waals surface area (Å²) in [5.41, 5.74) is 4.79. The van der Waals surface area contributed by atoms with Crippen LogP contribution in [0.15, 0.2) is 42.5 Å². The van der Waals surface area contributed by atoms with E-state index in [0.717, 1.165) is 12.8 Å². The first kappa shape index (κ1) is 11.8. The quantitative estimate of drug-likeness (QED) is 0.856. The lowest BCUT2D eigenvalue weighted by atomic mass is 9.93. The van der Waals surface area contributed by atoms with E-state index in [4.69, 9.17) is 0 Å². The number of carbonyl (C=O) groups excluding carboxylic acids is 1. The molecule has 17 heavy (non-hydrogen) atoms. The van der Waals surface area contributed by atoms with Crippen LogP contribution in [0.4, 0.5) is 0 Å². The van der Waals surface area contributed by atoms with Gasteiger partial charge in [-0.3, -0.25) is 5.73 Å². The van der Waals surface area contributed by atoms with Crippen LogP contribution < -0.4 is 5.73 Å². The molecule has 0 saturated heterocycles. The summed E-state index contributed by atoms with van der Waals surface area (Å²) in [5, 5.41) is 2.48. The lowest BCUT2D eigenvalue weighted by molar-refractivity contribution is -0.311. The summed E-state index contributed by atoms with van der Waals surface area (Å²) in [6, 6.07) is 14.6. The molecule has 1 unspecified atom stereocenters. The van der Waals surface area contributed by atoms with Crippen LogP contribution in [0.25, 0.3) is 10.8 Å². The van der Waals surface area contributed by atoms with Crippen LogP contribution in [0, 0.1) is 5.92 Å². The fraction of sp³-hybridized carbons (Fsp3) is 0.267. The molecule has 0 saturated carbocycles. The summed E-state index contributed by atoms with van der Waals surface area (Å²) >= 11 is 0. The van der Waals surface area contributed by atoms with E-state index in [-0.39, 0.29) is 11.8 Å². The predicted octanol–water partition coefficient (Wildman–Crippen LogP) is 2.18. The lowest BCUT2D eigenvalue weighted by Crippen LogP contribution is -2.60. The second kappa shape index (κ2) is 5.11. The molecular formula is C15H18NO+. The highest BCUT2D eigenvalue weighted by molar-refractivity contribution is 5.86. The van der Waals surface area contributed by atoms with Crippen LogP contribution >= 0.6 is 0 Å². The van der Waals surface area contributed by atoms with Crippen molar-refractivity contribution in [2.75, 3.05) is 0 Å². The zero-order chi connectivity index (χ0) is 12.3. The highest BCUT2D eigenvalue weighted by atomic mass is 16.1. The van der Waals surface area contributed by atoms with Crippen molar-refractivity contribution in [1.82, 2.24) is 0 Å². The molecule has 2 nitrogen and oxygen atoms in total. The van der Waals surface area contributed by atoms with Crippen molar-refractivity contribution < 1.29 is 10.5 Å². The molecule has 0 aromatic heterocycles. The van der Waals surface area contributed by atoms with Gasteiger partial charge >= 0.3 is 5.91 Å². The number of rotatable bonds is 4. The fourth-order valence-corrected chi connectivity index (χ4v) is 2.22. The predicted molar refractivity (Wildman–Crippen MR) is 69.3 cm³/mol. The van der Waals surface area contributed by atoms with Crippen molar-refractivity contribution in [1.29, 1.82) is 0 Å². The van der Waals surface area contributed by atoms with Crippen LogP contribution in [0.3, 0.4) is 0 Å². The Hall–Kier alpha value is -1.67. The molecule has 2 aromatic rings. The van der Waals surface area contributed by atoms with Crippen LogP contribution in [0.5, 0.6) is 0 Å². The van der Waals surface area contributed by atoms with Crippen molar-refractivity contribution in [2.24, 2.45) is 5.92 Å². The van der Waals surface area contributed by atoms with E-state index in [1.54, 1.807) is 0 Å². The molecule has 3 N–H and O–H groups in total. The molecule has 2 aromatic carbocycles. The molecule has 2 rings (SSSR count). The third-order valence-electron chi connectivity index (χ3n) is 3.29. The molecular weight excluding hydrogens is 210 g/mol. The minimum atomic E-state index is 0.0421. The van der Waals surface area contributed by atoms with E-state index in [1.165, 1.54) is 16.3 Å². The van der Waals surface area contributed by atoms with Gasteiger partial charge in [-0.2, -0.15) is 0 Å². The Labute approximate surface area is 101 Å². The van der Waals surface area contributed by atoms with E-state index in [0.29, 0.717) is 0 Å². The molecule has 0 heterocycles. The van der Waals surface area contributed by atoms with E-state index in [2.05, 4.69) is 36.1 Å². The van der Waals surface area contributed by atoms with Crippen molar-refractivity contribution in [3.8, 4) is 0 Å². The Kier molecular flexibility index (Phi) is 3.55. The highest BCUT2D eigenvalue weighted by Crippen LogP contribution is 2.21. The summed E-state index contributed by atoms with van der Waals surface area (Å²) in [5.74, 6) is 0.0845. The van der Waals surface area contributed by atoms with Gasteiger partial charge in [-0.05, 0) is 29.2 Å². The summed E-state index contributed by atoms with van der Waals surface area (Å²) in [4.78, 5) is 11.4. The molecule has 0 fully saturated rings. The lowest BCUT2D eigenvalue weighted by Gasteiger charge is -2.10. The number of hydrogen-bond acceptors (Lipinski definition) is 1. The largest absolute Gasteiger partial charge is 0.312 e. The van der Waals surface area contributed by atoms with Gasteiger partial charge in [0, 0.05) is 0 Å².